The number of benzene rings is 1. The minimum absolute atomic E-state index is 0.110. The molecule has 2 saturated heterocycles. The smallest absolute Gasteiger partial charge is 0.325 e. The number of furan rings is 1. The Morgan fingerprint density at radius 2 is 1.89 bits per heavy atom. The fraction of sp³-hybridized carbons (Fsp3) is 0.476. The van der Waals surface area contributed by atoms with E-state index in [0.29, 0.717) is 11.3 Å². The summed E-state index contributed by atoms with van der Waals surface area (Å²) >= 11 is 0. The maximum Gasteiger partial charge on any atom is 0.325 e. The standard InChI is InChI=1S/C21H25N3O4/c1-13-7-6-8-14(2)24(13)18(25)12-23-19(26)21(3,22-20(23)27)17-11-15-9-4-5-10-16(15)28-17/h4-5,9-11,13-14H,6-8,12H2,1-3H3,(H,22,27)/t13-,14-,21-/m1/s1. The number of nitrogens with zero attached hydrogens (tertiary/aromatic N) is 2. The number of fused-ring (bicyclic) bond motifs is 1. The Morgan fingerprint density at radius 3 is 2.57 bits per heavy atom. The number of likely N-dealkylation sites (tertiary alicyclic amines) is 1. The van der Waals surface area contributed by atoms with E-state index in [9.17, 15) is 14.4 Å². The lowest BCUT2D eigenvalue weighted by Crippen LogP contribution is -2.52. The fourth-order valence-corrected chi connectivity index (χ4v) is 4.37. The largest absolute Gasteiger partial charge is 0.458 e. The lowest BCUT2D eigenvalue weighted by molar-refractivity contribution is -0.142. The van der Waals surface area contributed by atoms with Crippen LogP contribution in [0.15, 0.2) is 34.7 Å². The molecule has 1 N–H and O–H groups in total. The fourth-order valence-electron chi connectivity index (χ4n) is 4.37. The topological polar surface area (TPSA) is 82.9 Å². The second-order valence-electron chi connectivity index (χ2n) is 8.02. The van der Waals surface area contributed by atoms with Gasteiger partial charge in [-0.3, -0.25) is 14.5 Å². The maximum atomic E-state index is 13.1. The number of urea groups is 1. The van der Waals surface area contributed by atoms with Gasteiger partial charge in [0.25, 0.3) is 5.91 Å². The molecule has 3 atom stereocenters. The van der Waals surface area contributed by atoms with Crippen molar-refractivity contribution in [1.29, 1.82) is 0 Å². The van der Waals surface area contributed by atoms with Crippen LogP contribution in [0.3, 0.4) is 0 Å². The number of hydrogen-bond acceptors (Lipinski definition) is 4. The quantitative estimate of drug-likeness (QED) is 0.826. The average molecular weight is 383 g/mol. The van der Waals surface area contributed by atoms with Gasteiger partial charge in [-0.05, 0) is 52.2 Å². The maximum absolute atomic E-state index is 13.1. The van der Waals surface area contributed by atoms with Gasteiger partial charge in [0, 0.05) is 17.5 Å². The molecule has 7 heteroatoms. The zero-order valence-corrected chi connectivity index (χ0v) is 16.4. The number of piperidine rings is 1. The van der Waals surface area contributed by atoms with E-state index in [1.807, 2.05) is 38.1 Å². The Balaban J connectivity index is 1.57. The normalized spacial score (nSPS) is 28.1. The molecule has 1 aromatic heterocycles. The summed E-state index contributed by atoms with van der Waals surface area (Å²) in [6, 6.07) is 8.82. The second-order valence-corrected chi connectivity index (χ2v) is 8.02. The van der Waals surface area contributed by atoms with Crippen molar-refractivity contribution in [3.63, 3.8) is 0 Å². The summed E-state index contributed by atoms with van der Waals surface area (Å²) in [6.45, 7) is 5.38. The minimum Gasteiger partial charge on any atom is -0.458 e. The molecule has 0 unspecified atom stereocenters. The number of carbonyl (C=O) groups is 3. The molecule has 4 rings (SSSR count). The van der Waals surface area contributed by atoms with E-state index in [-0.39, 0.29) is 24.5 Å². The Bertz CT molecular complexity index is 909. The van der Waals surface area contributed by atoms with Crippen LogP contribution in [0.2, 0.25) is 0 Å². The molecule has 2 fully saturated rings. The molecule has 28 heavy (non-hydrogen) atoms. The highest BCUT2D eigenvalue weighted by molar-refractivity contribution is 6.09. The molecule has 7 nitrogen and oxygen atoms in total. The summed E-state index contributed by atoms with van der Waals surface area (Å²) in [4.78, 5) is 41.4. The molecule has 3 heterocycles. The van der Waals surface area contributed by atoms with E-state index < -0.39 is 17.5 Å². The Kier molecular flexibility index (Phi) is 4.40. The predicted molar refractivity (Wildman–Crippen MR) is 103 cm³/mol. The molecule has 0 bridgehead atoms. The monoisotopic (exact) mass is 383 g/mol. The lowest BCUT2D eigenvalue weighted by atomic mass is 9.97. The summed E-state index contributed by atoms with van der Waals surface area (Å²) in [7, 11) is 0. The second kappa shape index (κ2) is 6.65. The Hall–Kier alpha value is -2.83. The van der Waals surface area contributed by atoms with Crippen molar-refractivity contribution < 1.29 is 18.8 Å². The van der Waals surface area contributed by atoms with Crippen molar-refractivity contribution in [1.82, 2.24) is 15.1 Å². The van der Waals surface area contributed by atoms with E-state index in [1.54, 1.807) is 17.9 Å². The molecule has 0 aliphatic carbocycles. The molecule has 4 amide bonds. The van der Waals surface area contributed by atoms with Crippen LogP contribution in [0.5, 0.6) is 0 Å². The van der Waals surface area contributed by atoms with Gasteiger partial charge in [0.2, 0.25) is 5.91 Å². The van der Waals surface area contributed by atoms with Crippen LogP contribution in [0.1, 0.15) is 45.8 Å². The number of rotatable bonds is 3. The summed E-state index contributed by atoms with van der Waals surface area (Å²) in [5.74, 6) is -0.305. The summed E-state index contributed by atoms with van der Waals surface area (Å²) in [5.41, 5.74) is -0.679. The van der Waals surface area contributed by atoms with Crippen LogP contribution in [0, 0.1) is 0 Å². The first kappa shape index (κ1) is 18.5. The molecule has 2 aromatic rings. The van der Waals surface area contributed by atoms with E-state index in [4.69, 9.17) is 4.42 Å². The summed E-state index contributed by atoms with van der Waals surface area (Å²) in [6.07, 6.45) is 2.96. The first-order chi connectivity index (χ1) is 13.3. The first-order valence-corrected chi connectivity index (χ1v) is 9.75. The first-order valence-electron chi connectivity index (χ1n) is 9.75. The zero-order chi connectivity index (χ0) is 20.1. The molecule has 0 radical (unpaired) electrons. The van der Waals surface area contributed by atoms with Crippen molar-refractivity contribution in [3.8, 4) is 0 Å². The Labute approximate surface area is 163 Å². The van der Waals surface area contributed by atoms with E-state index >= 15 is 0 Å². The third kappa shape index (κ3) is 2.85. The molecule has 0 spiro atoms. The van der Waals surface area contributed by atoms with Crippen LogP contribution in [0.4, 0.5) is 4.79 Å². The van der Waals surface area contributed by atoms with Crippen LogP contribution in [-0.2, 0) is 15.1 Å². The average Bonchev–Trinajstić information content (AvgIpc) is 3.18. The third-order valence-electron chi connectivity index (χ3n) is 5.97. The van der Waals surface area contributed by atoms with Gasteiger partial charge in [0.05, 0.1) is 0 Å². The van der Waals surface area contributed by atoms with Gasteiger partial charge in [-0.15, -0.1) is 0 Å². The summed E-state index contributed by atoms with van der Waals surface area (Å²) < 4.78 is 5.82. The third-order valence-corrected chi connectivity index (χ3v) is 5.97. The van der Waals surface area contributed by atoms with E-state index in [0.717, 1.165) is 29.5 Å². The highest BCUT2D eigenvalue weighted by Gasteiger charge is 2.52. The molecular formula is C21H25N3O4. The van der Waals surface area contributed by atoms with Gasteiger partial charge in [-0.2, -0.15) is 0 Å². The van der Waals surface area contributed by atoms with E-state index in [2.05, 4.69) is 5.32 Å². The van der Waals surface area contributed by atoms with Crippen molar-refractivity contribution in [2.24, 2.45) is 0 Å². The number of imide groups is 1. The van der Waals surface area contributed by atoms with Gasteiger partial charge in [0.15, 0.2) is 5.54 Å². The van der Waals surface area contributed by atoms with Crippen LogP contribution < -0.4 is 5.32 Å². The van der Waals surface area contributed by atoms with Gasteiger partial charge >= 0.3 is 6.03 Å². The molecule has 0 saturated carbocycles. The van der Waals surface area contributed by atoms with Crippen LogP contribution in [-0.4, -0.2) is 46.3 Å². The van der Waals surface area contributed by atoms with Crippen LogP contribution >= 0.6 is 0 Å². The molecule has 2 aliphatic heterocycles. The van der Waals surface area contributed by atoms with Crippen molar-refractivity contribution in [2.75, 3.05) is 6.54 Å². The SMILES string of the molecule is C[C@@H]1CCC[C@@H](C)N1C(=O)CN1C(=O)N[C@](C)(c2cc3ccccc3o2)C1=O. The number of para-hydroxylation sites is 1. The molecular weight excluding hydrogens is 358 g/mol. The van der Waals surface area contributed by atoms with Gasteiger partial charge in [-0.25, -0.2) is 4.79 Å². The van der Waals surface area contributed by atoms with Crippen molar-refractivity contribution >= 4 is 28.8 Å². The highest BCUT2D eigenvalue weighted by atomic mass is 16.3. The van der Waals surface area contributed by atoms with Crippen molar-refractivity contribution in [3.05, 3.63) is 36.1 Å². The molecule has 1 aromatic carbocycles. The number of hydrogen-bond donors (Lipinski definition) is 1. The zero-order valence-electron chi connectivity index (χ0n) is 16.4. The Morgan fingerprint density at radius 1 is 1.21 bits per heavy atom. The van der Waals surface area contributed by atoms with Gasteiger partial charge < -0.3 is 14.6 Å². The van der Waals surface area contributed by atoms with Gasteiger partial charge in [-0.1, -0.05) is 18.2 Å². The number of carbonyl (C=O) groups excluding carboxylic acids is 3. The lowest BCUT2D eigenvalue weighted by Gasteiger charge is -2.39. The van der Waals surface area contributed by atoms with E-state index in [1.165, 1.54) is 0 Å². The summed E-state index contributed by atoms with van der Waals surface area (Å²) in [5, 5.41) is 3.56. The van der Waals surface area contributed by atoms with Crippen LogP contribution in [0.25, 0.3) is 11.0 Å². The van der Waals surface area contributed by atoms with Crippen molar-refractivity contribution in [2.45, 2.75) is 57.7 Å². The molecule has 2 aliphatic rings. The minimum atomic E-state index is -1.32. The molecule has 148 valence electrons. The number of amides is 4. The van der Waals surface area contributed by atoms with Gasteiger partial charge in [0.1, 0.15) is 17.9 Å². The predicted octanol–water partition coefficient (Wildman–Crippen LogP) is 2.99. The highest BCUT2D eigenvalue weighted by Crippen LogP contribution is 2.33. The number of nitrogens with one attached hydrogen (secondary N) is 1.